The van der Waals surface area contributed by atoms with Gasteiger partial charge in [0.05, 0.1) is 6.20 Å². The molecule has 0 N–H and O–H groups in total. The van der Waals surface area contributed by atoms with Gasteiger partial charge in [-0.3, -0.25) is 0 Å². The van der Waals surface area contributed by atoms with Crippen LogP contribution in [0.4, 0.5) is 0 Å². The second-order valence-electron chi connectivity index (χ2n) is 3.38. The predicted octanol–water partition coefficient (Wildman–Crippen LogP) is 2.81. The zero-order valence-corrected chi connectivity index (χ0v) is 8.52. The lowest BCUT2D eigenvalue weighted by molar-refractivity contribution is 0.422. The molecular formula is C11H12ClNO. The molecule has 1 aliphatic carbocycles. The molecule has 1 aromatic rings. The first-order chi connectivity index (χ1) is 6.90. The zero-order valence-electron chi connectivity index (χ0n) is 7.77. The summed E-state index contributed by atoms with van der Waals surface area (Å²) < 4.78 is 5.22. The number of alkyl halides is 1. The van der Waals surface area contributed by atoms with Crippen molar-refractivity contribution in [3.05, 3.63) is 42.7 Å². The topological polar surface area (TPSA) is 26.0 Å². The number of nitrogens with zero attached hydrogens (tertiary/aromatic N) is 1. The normalized spacial score (nSPS) is 25.5. The second-order valence-corrected chi connectivity index (χ2v) is 3.69. The molecule has 0 saturated carbocycles. The highest BCUT2D eigenvalue weighted by molar-refractivity contribution is 6.18. The molecular weight excluding hydrogens is 198 g/mol. The Hall–Kier alpha value is -1.02. The molecule has 14 heavy (non-hydrogen) atoms. The van der Waals surface area contributed by atoms with Crippen LogP contribution in [0, 0.1) is 11.8 Å². The molecule has 74 valence electrons. The smallest absolute Gasteiger partial charge is 0.194 e. The first kappa shape index (κ1) is 9.53. The average Bonchev–Trinajstić information content (AvgIpc) is 2.71. The molecule has 2 rings (SSSR count). The van der Waals surface area contributed by atoms with Crippen molar-refractivity contribution in [3.63, 3.8) is 0 Å². The number of hydrogen-bond donors (Lipinski definition) is 0. The van der Waals surface area contributed by atoms with Crippen LogP contribution >= 0.6 is 11.6 Å². The molecule has 0 aliphatic heterocycles. The standard InChI is InChI=1S/C11H12ClNO/c12-8-10-4-2-1-3-9(10)7-11-13-5-6-14-11/h1-6,9-10H,7-8H2. The van der Waals surface area contributed by atoms with Crippen LogP contribution in [0.5, 0.6) is 0 Å². The third-order valence-corrected chi connectivity index (χ3v) is 2.81. The van der Waals surface area contributed by atoms with Gasteiger partial charge in [-0.1, -0.05) is 24.3 Å². The molecule has 0 radical (unpaired) electrons. The predicted molar refractivity (Wildman–Crippen MR) is 56.2 cm³/mol. The molecule has 3 heteroatoms. The van der Waals surface area contributed by atoms with Gasteiger partial charge in [-0.25, -0.2) is 4.98 Å². The van der Waals surface area contributed by atoms with Crippen LogP contribution in [0.1, 0.15) is 5.89 Å². The van der Waals surface area contributed by atoms with Gasteiger partial charge in [-0.05, 0) is 11.8 Å². The molecule has 0 spiro atoms. The fourth-order valence-electron chi connectivity index (χ4n) is 1.64. The SMILES string of the molecule is ClCC1C=CC=CC1Cc1ncco1. The Labute approximate surface area is 88.3 Å². The minimum atomic E-state index is 0.397. The summed E-state index contributed by atoms with van der Waals surface area (Å²) >= 11 is 5.88. The van der Waals surface area contributed by atoms with E-state index in [1.807, 2.05) is 6.08 Å². The summed E-state index contributed by atoms with van der Waals surface area (Å²) in [6, 6.07) is 0. The molecule has 2 atom stereocenters. The second kappa shape index (κ2) is 4.47. The van der Waals surface area contributed by atoms with Crippen molar-refractivity contribution >= 4 is 11.6 Å². The largest absolute Gasteiger partial charge is 0.449 e. The Kier molecular flexibility index (Phi) is 3.04. The van der Waals surface area contributed by atoms with E-state index in [4.69, 9.17) is 16.0 Å². The average molecular weight is 210 g/mol. The maximum absolute atomic E-state index is 5.88. The van der Waals surface area contributed by atoms with Crippen LogP contribution in [0.2, 0.25) is 0 Å². The van der Waals surface area contributed by atoms with Gasteiger partial charge in [-0.2, -0.15) is 0 Å². The first-order valence-electron chi connectivity index (χ1n) is 4.69. The highest BCUT2D eigenvalue weighted by Crippen LogP contribution is 2.24. The number of oxazole rings is 1. The number of rotatable bonds is 3. The van der Waals surface area contributed by atoms with E-state index < -0.39 is 0 Å². The first-order valence-corrected chi connectivity index (χ1v) is 5.23. The molecule has 0 amide bonds. The Bertz CT molecular complexity index is 329. The molecule has 0 fully saturated rings. The maximum atomic E-state index is 5.88. The van der Waals surface area contributed by atoms with Gasteiger partial charge in [-0.15, -0.1) is 11.6 Å². The quantitative estimate of drug-likeness (QED) is 0.716. The summed E-state index contributed by atoms with van der Waals surface area (Å²) in [5.74, 6) is 2.24. The van der Waals surface area contributed by atoms with Crippen LogP contribution < -0.4 is 0 Å². The van der Waals surface area contributed by atoms with Gasteiger partial charge in [0.15, 0.2) is 5.89 Å². The molecule has 1 aliphatic rings. The molecule has 0 bridgehead atoms. The highest BCUT2D eigenvalue weighted by Gasteiger charge is 2.19. The van der Waals surface area contributed by atoms with E-state index in [1.165, 1.54) is 0 Å². The summed E-state index contributed by atoms with van der Waals surface area (Å²) in [7, 11) is 0. The van der Waals surface area contributed by atoms with E-state index in [-0.39, 0.29) is 0 Å². The van der Waals surface area contributed by atoms with Crippen LogP contribution in [-0.4, -0.2) is 10.9 Å². The molecule has 1 heterocycles. The Morgan fingerprint density at radius 3 is 2.71 bits per heavy atom. The van der Waals surface area contributed by atoms with Crippen LogP contribution in [0.15, 0.2) is 41.2 Å². The lowest BCUT2D eigenvalue weighted by Gasteiger charge is -2.20. The van der Waals surface area contributed by atoms with E-state index in [0.717, 1.165) is 12.3 Å². The summed E-state index contributed by atoms with van der Waals surface area (Å²) in [6.07, 6.45) is 12.5. The van der Waals surface area contributed by atoms with Gasteiger partial charge in [0, 0.05) is 12.3 Å². The third-order valence-electron chi connectivity index (χ3n) is 2.45. The van der Waals surface area contributed by atoms with Gasteiger partial charge < -0.3 is 4.42 Å². The van der Waals surface area contributed by atoms with Crippen LogP contribution in [-0.2, 0) is 6.42 Å². The van der Waals surface area contributed by atoms with Crippen LogP contribution in [0.25, 0.3) is 0 Å². The number of halogens is 1. The highest BCUT2D eigenvalue weighted by atomic mass is 35.5. The summed E-state index contributed by atoms with van der Waals surface area (Å²) in [6.45, 7) is 0. The van der Waals surface area contributed by atoms with E-state index in [1.54, 1.807) is 12.5 Å². The Morgan fingerprint density at radius 1 is 1.29 bits per heavy atom. The Morgan fingerprint density at radius 2 is 2.07 bits per heavy atom. The minimum Gasteiger partial charge on any atom is -0.449 e. The summed E-state index contributed by atoms with van der Waals surface area (Å²) in [5.41, 5.74) is 0. The van der Waals surface area contributed by atoms with Crippen molar-refractivity contribution < 1.29 is 4.42 Å². The molecule has 2 nitrogen and oxygen atoms in total. The number of allylic oxidation sites excluding steroid dienone is 4. The lowest BCUT2D eigenvalue weighted by Crippen LogP contribution is -2.16. The van der Waals surface area contributed by atoms with Gasteiger partial charge >= 0.3 is 0 Å². The van der Waals surface area contributed by atoms with E-state index >= 15 is 0 Å². The van der Waals surface area contributed by atoms with Gasteiger partial charge in [0.2, 0.25) is 0 Å². The van der Waals surface area contributed by atoms with Gasteiger partial charge in [0.1, 0.15) is 6.26 Å². The van der Waals surface area contributed by atoms with E-state index in [0.29, 0.717) is 17.7 Å². The van der Waals surface area contributed by atoms with Crippen molar-refractivity contribution in [2.45, 2.75) is 6.42 Å². The Balaban J connectivity index is 2.03. The van der Waals surface area contributed by atoms with E-state index in [2.05, 4.69) is 23.2 Å². The summed E-state index contributed by atoms with van der Waals surface area (Å²) in [5, 5.41) is 0. The molecule has 2 unspecified atom stereocenters. The maximum Gasteiger partial charge on any atom is 0.194 e. The molecule has 0 saturated heterocycles. The third kappa shape index (κ3) is 2.07. The number of hydrogen-bond acceptors (Lipinski definition) is 2. The van der Waals surface area contributed by atoms with E-state index in [9.17, 15) is 0 Å². The lowest BCUT2D eigenvalue weighted by atomic mass is 9.87. The number of aromatic nitrogens is 1. The fourth-order valence-corrected chi connectivity index (χ4v) is 1.97. The molecule has 1 aromatic heterocycles. The summed E-state index contributed by atoms with van der Waals surface area (Å²) in [4.78, 5) is 4.11. The van der Waals surface area contributed by atoms with Gasteiger partial charge in [0.25, 0.3) is 0 Å². The van der Waals surface area contributed by atoms with Crippen LogP contribution in [0.3, 0.4) is 0 Å². The fraction of sp³-hybridized carbons (Fsp3) is 0.364. The van der Waals surface area contributed by atoms with Crippen molar-refractivity contribution in [3.8, 4) is 0 Å². The minimum absolute atomic E-state index is 0.397. The monoisotopic (exact) mass is 209 g/mol. The van der Waals surface area contributed by atoms with Crippen molar-refractivity contribution in [1.29, 1.82) is 0 Å². The van der Waals surface area contributed by atoms with Crippen molar-refractivity contribution in [2.75, 3.05) is 5.88 Å². The van der Waals surface area contributed by atoms with Crippen molar-refractivity contribution in [1.82, 2.24) is 4.98 Å². The van der Waals surface area contributed by atoms with Crippen molar-refractivity contribution in [2.24, 2.45) is 11.8 Å². The molecule has 0 aromatic carbocycles. The zero-order chi connectivity index (χ0) is 9.80.